The van der Waals surface area contributed by atoms with E-state index < -0.39 is 0 Å². The van der Waals surface area contributed by atoms with Crippen LogP contribution >= 0.6 is 12.4 Å². The quantitative estimate of drug-likeness (QED) is 0.896. The molecule has 1 aromatic rings. The summed E-state index contributed by atoms with van der Waals surface area (Å²) in [6.07, 6.45) is 7.62. The lowest BCUT2D eigenvalue weighted by Gasteiger charge is -2.25. The summed E-state index contributed by atoms with van der Waals surface area (Å²) in [4.78, 5) is 2.66. The molecular formula is C14H25ClN4. The van der Waals surface area contributed by atoms with Crippen molar-refractivity contribution in [2.75, 3.05) is 13.1 Å². The van der Waals surface area contributed by atoms with Crippen molar-refractivity contribution < 1.29 is 0 Å². The van der Waals surface area contributed by atoms with Crippen LogP contribution in [0.25, 0.3) is 0 Å². The van der Waals surface area contributed by atoms with Crippen LogP contribution in [0, 0.1) is 6.92 Å². The molecule has 19 heavy (non-hydrogen) atoms. The second kappa shape index (κ2) is 6.25. The van der Waals surface area contributed by atoms with Crippen molar-refractivity contribution in [3.63, 3.8) is 0 Å². The highest BCUT2D eigenvalue weighted by Crippen LogP contribution is 2.29. The zero-order valence-corrected chi connectivity index (χ0v) is 12.7. The van der Waals surface area contributed by atoms with Gasteiger partial charge in [0.2, 0.25) is 0 Å². The Morgan fingerprint density at radius 2 is 2.21 bits per heavy atom. The molecule has 0 spiro atoms. The number of hydrogen-bond acceptors (Lipinski definition) is 3. The summed E-state index contributed by atoms with van der Waals surface area (Å²) in [6.45, 7) is 5.60. The monoisotopic (exact) mass is 284 g/mol. The van der Waals surface area contributed by atoms with Gasteiger partial charge in [0.1, 0.15) is 0 Å². The maximum atomic E-state index is 4.45. The molecule has 1 N–H and O–H groups in total. The van der Waals surface area contributed by atoms with E-state index in [0.29, 0.717) is 6.04 Å². The third-order valence-corrected chi connectivity index (χ3v) is 4.17. The fraction of sp³-hybridized carbons (Fsp3) is 0.786. The standard InChI is InChI=1S/C14H24N4.ClH/c1-11-12(8-17(2)16-11)9-18(14-5-6-14)10-13-4-3-7-15-13;/h8,13-15H,3-7,9-10H2,1-2H3;1H. The first-order valence-electron chi connectivity index (χ1n) is 7.19. The Kier molecular flexibility index (Phi) is 4.87. The lowest BCUT2D eigenvalue weighted by Crippen LogP contribution is -2.38. The van der Waals surface area contributed by atoms with Gasteiger partial charge in [-0.25, -0.2) is 0 Å². The van der Waals surface area contributed by atoms with Gasteiger partial charge < -0.3 is 5.32 Å². The molecule has 108 valence electrons. The van der Waals surface area contributed by atoms with Crippen molar-refractivity contribution in [3.05, 3.63) is 17.5 Å². The van der Waals surface area contributed by atoms with E-state index in [4.69, 9.17) is 0 Å². The van der Waals surface area contributed by atoms with Gasteiger partial charge in [0.15, 0.2) is 0 Å². The molecule has 2 fully saturated rings. The number of nitrogens with one attached hydrogen (secondary N) is 1. The van der Waals surface area contributed by atoms with Crippen molar-refractivity contribution in [2.45, 2.75) is 51.2 Å². The SMILES string of the molecule is Cc1nn(C)cc1CN(CC1CCCN1)C1CC1.Cl. The summed E-state index contributed by atoms with van der Waals surface area (Å²) < 4.78 is 1.93. The maximum absolute atomic E-state index is 4.45. The van der Waals surface area contributed by atoms with Gasteiger partial charge in [-0.15, -0.1) is 12.4 Å². The number of rotatable bonds is 5. The minimum Gasteiger partial charge on any atom is -0.313 e. The van der Waals surface area contributed by atoms with Crippen LogP contribution in [0.3, 0.4) is 0 Å². The molecule has 0 radical (unpaired) electrons. The van der Waals surface area contributed by atoms with Gasteiger partial charge in [0, 0.05) is 44.0 Å². The molecule has 5 heteroatoms. The van der Waals surface area contributed by atoms with Crippen molar-refractivity contribution in [1.82, 2.24) is 20.0 Å². The van der Waals surface area contributed by atoms with Crippen molar-refractivity contribution in [1.29, 1.82) is 0 Å². The van der Waals surface area contributed by atoms with Gasteiger partial charge in [-0.2, -0.15) is 5.10 Å². The van der Waals surface area contributed by atoms with E-state index >= 15 is 0 Å². The molecular weight excluding hydrogens is 260 g/mol. The zero-order valence-electron chi connectivity index (χ0n) is 11.9. The summed E-state index contributed by atoms with van der Waals surface area (Å²) in [5, 5.41) is 8.06. The number of aromatic nitrogens is 2. The number of aryl methyl sites for hydroxylation is 2. The molecule has 0 amide bonds. The highest BCUT2D eigenvalue weighted by Gasteiger charge is 2.31. The van der Waals surface area contributed by atoms with Crippen LogP contribution in [0.2, 0.25) is 0 Å². The summed E-state index contributed by atoms with van der Waals surface area (Å²) in [6, 6.07) is 1.54. The Bertz CT molecular complexity index is 408. The van der Waals surface area contributed by atoms with E-state index in [-0.39, 0.29) is 12.4 Å². The Labute approximate surface area is 122 Å². The van der Waals surface area contributed by atoms with E-state index in [9.17, 15) is 0 Å². The minimum absolute atomic E-state index is 0. The molecule has 1 saturated carbocycles. The Morgan fingerprint density at radius 3 is 2.74 bits per heavy atom. The van der Waals surface area contributed by atoms with Gasteiger partial charge in [0.05, 0.1) is 5.69 Å². The van der Waals surface area contributed by atoms with Crippen LogP contribution in [-0.2, 0) is 13.6 Å². The Hall–Kier alpha value is -0.580. The van der Waals surface area contributed by atoms with Crippen molar-refractivity contribution >= 4 is 12.4 Å². The van der Waals surface area contributed by atoms with E-state index in [1.165, 1.54) is 50.0 Å². The number of nitrogens with zero attached hydrogens (tertiary/aromatic N) is 3. The average Bonchev–Trinajstić information content (AvgIpc) is 2.96. The predicted molar refractivity (Wildman–Crippen MR) is 79.6 cm³/mol. The molecule has 1 unspecified atom stereocenters. The Balaban J connectivity index is 0.00000133. The molecule has 1 saturated heterocycles. The summed E-state index contributed by atoms with van der Waals surface area (Å²) >= 11 is 0. The molecule has 1 aromatic heterocycles. The number of halogens is 1. The molecule has 3 rings (SSSR count). The minimum atomic E-state index is 0. The smallest absolute Gasteiger partial charge is 0.0638 e. The third kappa shape index (κ3) is 3.71. The molecule has 1 aliphatic heterocycles. The first-order chi connectivity index (χ1) is 8.72. The van der Waals surface area contributed by atoms with Crippen LogP contribution in [0.15, 0.2) is 6.20 Å². The van der Waals surface area contributed by atoms with Crippen LogP contribution in [0.4, 0.5) is 0 Å². The second-order valence-corrected chi connectivity index (χ2v) is 5.87. The zero-order chi connectivity index (χ0) is 12.5. The first-order valence-corrected chi connectivity index (χ1v) is 7.19. The highest BCUT2D eigenvalue weighted by atomic mass is 35.5. The Morgan fingerprint density at radius 1 is 1.42 bits per heavy atom. The van der Waals surface area contributed by atoms with E-state index in [2.05, 4.69) is 28.4 Å². The van der Waals surface area contributed by atoms with E-state index in [1.807, 2.05) is 11.7 Å². The fourth-order valence-corrected chi connectivity index (χ4v) is 3.00. The van der Waals surface area contributed by atoms with Gasteiger partial charge >= 0.3 is 0 Å². The van der Waals surface area contributed by atoms with Gasteiger partial charge in [-0.05, 0) is 39.2 Å². The lowest BCUT2D eigenvalue weighted by molar-refractivity contribution is 0.231. The van der Waals surface area contributed by atoms with Crippen LogP contribution in [-0.4, -0.2) is 39.9 Å². The molecule has 2 heterocycles. The molecule has 2 aliphatic rings. The third-order valence-electron chi connectivity index (χ3n) is 4.17. The maximum Gasteiger partial charge on any atom is 0.0638 e. The molecule has 0 bridgehead atoms. The predicted octanol–water partition coefficient (Wildman–Crippen LogP) is 1.87. The normalized spacial score (nSPS) is 22.8. The van der Waals surface area contributed by atoms with Crippen LogP contribution < -0.4 is 5.32 Å². The molecule has 1 aliphatic carbocycles. The second-order valence-electron chi connectivity index (χ2n) is 5.87. The van der Waals surface area contributed by atoms with Gasteiger partial charge in [-0.3, -0.25) is 9.58 Å². The summed E-state index contributed by atoms with van der Waals surface area (Å²) in [7, 11) is 2.01. The largest absolute Gasteiger partial charge is 0.313 e. The topological polar surface area (TPSA) is 33.1 Å². The van der Waals surface area contributed by atoms with Crippen LogP contribution in [0.5, 0.6) is 0 Å². The fourth-order valence-electron chi connectivity index (χ4n) is 3.00. The van der Waals surface area contributed by atoms with E-state index in [1.54, 1.807) is 0 Å². The first kappa shape index (κ1) is 14.8. The lowest BCUT2D eigenvalue weighted by atomic mass is 10.2. The highest BCUT2D eigenvalue weighted by molar-refractivity contribution is 5.85. The van der Waals surface area contributed by atoms with Gasteiger partial charge in [0.25, 0.3) is 0 Å². The number of hydrogen-bond donors (Lipinski definition) is 1. The summed E-state index contributed by atoms with van der Waals surface area (Å²) in [5.41, 5.74) is 2.57. The van der Waals surface area contributed by atoms with Crippen LogP contribution in [0.1, 0.15) is 36.9 Å². The van der Waals surface area contributed by atoms with E-state index in [0.717, 1.165) is 12.6 Å². The van der Waals surface area contributed by atoms with Crippen molar-refractivity contribution in [3.8, 4) is 0 Å². The molecule has 4 nitrogen and oxygen atoms in total. The summed E-state index contributed by atoms with van der Waals surface area (Å²) in [5.74, 6) is 0. The average molecular weight is 285 g/mol. The van der Waals surface area contributed by atoms with Gasteiger partial charge in [-0.1, -0.05) is 0 Å². The molecule has 1 atom stereocenters. The van der Waals surface area contributed by atoms with Crippen molar-refractivity contribution in [2.24, 2.45) is 7.05 Å². The molecule has 0 aromatic carbocycles.